The number of allylic oxidation sites excluding steroid dienone is 1. The predicted molar refractivity (Wildman–Crippen MR) is 79.7 cm³/mol. The summed E-state index contributed by atoms with van der Waals surface area (Å²) < 4.78 is 0. The molecule has 1 aromatic carbocycles. The minimum absolute atomic E-state index is 0.0320. The Morgan fingerprint density at radius 2 is 2.14 bits per heavy atom. The maximum atomic E-state index is 11.9. The highest BCUT2D eigenvalue weighted by Gasteiger charge is 2.28. The lowest BCUT2D eigenvalue weighted by molar-refractivity contribution is -0.385. The summed E-state index contributed by atoms with van der Waals surface area (Å²) in [6, 6.07) is 4.54. The molecule has 1 fully saturated rings. The normalized spacial score (nSPS) is 17.9. The molecule has 1 aromatic heterocycles. The van der Waals surface area contributed by atoms with Gasteiger partial charge >= 0.3 is 0 Å². The summed E-state index contributed by atoms with van der Waals surface area (Å²) in [7, 11) is 0. The number of benzene rings is 1. The molecule has 7 nitrogen and oxygen atoms in total. The van der Waals surface area contributed by atoms with Crippen molar-refractivity contribution in [2.24, 2.45) is 4.99 Å². The Balaban J connectivity index is 1.80. The topological polar surface area (TPSA) is 104 Å². The molecule has 0 amide bonds. The van der Waals surface area contributed by atoms with Crippen LogP contribution in [-0.4, -0.2) is 15.1 Å². The van der Waals surface area contributed by atoms with E-state index in [1.54, 1.807) is 18.2 Å². The fourth-order valence-corrected chi connectivity index (χ4v) is 2.64. The minimum Gasteiger partial charge on any atom is -0.301 e. The number of non-ortho nitro benzene ring substituents is 1. The van der Waals surface area contributed by atoms with Crippen LogP contribution < -0.4 is 16.1 Å². The Morgan fingerprint density at radius 1 is 1.32 bits per heavy atom. The second kappa shape index (κ2) is 4.52. The fourth-order valence-electron chi connectivity index (χ4n) is 2.64. The van der Waals surface area contributed by atoms with Gasteiger partial charge in [0, 0.05) is 29.0 Å². The van der Waals surface area contributed by atoms with E-state index in [4.69, 9.17) is 0 Å². The number of hydrogen-bond donors (Lipinski definition) is 2. The minimum atomic E-state index is -0.433. The molecule has 0 saturated heterocycles. The van der Waals surface area contributed by atoms with Gasteiger partial charge in [-0.1, -0.05) is 0 Å². The molecule has 0 spiro atoms. The van der Waals surface area contributed by atoms with Crippen molar-refractivity contribution in [2.75, 3.05) is 0 Å². The largest absolute Gasteiger partial charge is 0.301 e. The third-order valence-corrected chi connectivity index (χ3v) is 3.90. The molecule has 2 heterocycles. The molecule has 110 valence electrons. The van der Waals surface area contributed by atoms with E-state index in [2.05, 4.69) is 15.2 Å². The number of aromatic nitrogens is 2. The average Bonchev–Trinajstić information content (AvgIpc) is 3.15. The smallest absolute Gasteiger partial charge is 0.271 e. The summed E-state index contributed by atoms with van der Waals surface area (Å²) in [6.45, 7) is 0. The average molecular weight is 296 g/mol. The Morgan fingerprint density at radius 3 is 2.86 bits per heavy atom. The van der Waals surface area contributed by atoms with E-state index in [1.807, 2.05) is 0 Å². The van der Waals surface area contributed by atoms with Crippen molar-refractivity contribution in [3.05, 3.63) is 66.2 Å². The van der Waals surface area contributed by atoms with Gasteiger partial charge in [-0.05, 0) is 31.1 Å². The Labute approximate surface area is 123 Å². The van der Waals surface area contributed by atoms with Gasteiger partial charge < -0.3 is 5.10 Å². The van der Waals surface area contributed by atoms with Crippen molar-refractivity contribution in [1.29, 1.82) is 0 Å². The molecule has 1 aliphatic heterocycles. The lowest BCUT2D eigenvalue weighted by atomic mass is 10.1. The van der Waals surface area contributed by atoms with Crippen LogP contribution >= 0.6 is 0 Å². The second-order valence-corrected chi connectivity index (χ2v) is 5.51. The van der Waals surface area contributed by atoms with E-state index in [-0.39, 0.29) is 11.2 Å². The van der Waals surface area contributed by atoms with Crippen molar-refractivity contribution >= 4 is 17.8 Å². The predicted octanol–water partition coefficient (Wildman–Crippen LogP) is 0.943. The number of H-pyrrole nitrogens is 2. The van der Waals surface area contributed by atoms with Gasteiger partial charge in [0.2, 0.25) is 0 Å². The third kappa shape index (κ3) is 2.07. The van der Waals surface area contributed by atoms with Gasteiger partial charge in [0.1, 0.15) is 0 Å². The van der Waals surface area contributed by atoms with Crippen molar-refractivity contribution in [3.8, 4) is 0 Å². The number of fused-ring (bicyclic) bond motifs is 1. The number of nitro groups is 1. The number of nitrogens with zero attached hydrogens (tertiary/aromatic N) is 2. The molecule has 1 aliphatic carbocycles. The van der Waals surface area contributed by atoms with Gasteiger partial charge in [-0.15, -0.1) is 0 Å². The van der Waals surface area contributed by atoms with Crippen LogP contribution in [0.2, 0.25) is 0 Å². The van der Waals surface area contributed by atoms with Crippen LogP contribution in [0.4, 0.5) is 5.69 Å². The molecular formula is C15H12N4O3. The number of hydrogen-bond acceptors (Lipinski definition) is 4. The maximum Gasteiger partial charge on any atom is 0.271 e. The van der Waals surface area contributed by atoms with E-state index >= 15 is 0 Å². The molecule has 22 heavy (non-hydrogen) atoms. The first kappa shape index (κ1) is 12.8. The van der Waals surface area contributed by atoms with Gasteiger partial charge in [0.15, 0.2) is 0 Å². The molecule has 2 aromatic rings. The maximum absolute atomic E-state index is 11.9. The van der Waals surface area contributed by atoms with E-state index in [1.165, 1.54) is 12.1 Å². The molecule has 4 rings (SSSR count). The van der Waals surface area contributed by atoms with E-state index in [9.17, 15) is 14.9 Å². The highest BCUT2D eigenvalue weighted by molar-refractivity contribution is 5.67. The monoisotopic (exact) mass is 296 g/mol. The molecule has 0 unspecified atom stereocenters. The first-order valence-electron chi connectivity index (χ1n) is 6.99. The highest BCUT2D eigenvalue weighted by atomic mass is 16.6. The van der Waals surface area contributed by atoms with E-state index in [0.717, 1.165) is 18.5 Å². The first-order chi connectivity index (χ1) is 10.6. The number of nitro benzene ring substituents is 1. The van der Waals surface area contributed by atoms with Crippen LogP contribution in [-0.2, 0) is 0 Å². The van der Waals surface area contributed by atoms with Crippen LogP contribution in [0.1, 0.15) is 30.0 Å². The summed E-state index contributed by atoms with van der Waals surface area (Å²) in [5, 5.41) is 17.7. The van der Waals surface area contributed by atoms with Gasteiger partial charge in [-0.2, -0.15) is 0 Å². The van der Waals surface area contributed by atoms with Crippen LogP contribution in [0.3, 0.4) is 0 Å². The second-order valence-electron chi connectivity index (χ2n) is 5.51. The molecule has 1 saturated carbocycles. The first-order valence-corrected chi connectivity index (χ1v) is 6.99. The summed E-state index contributed by atoms with van der Waals surface area (Å²) in [5.41, 5.74) is 2.01. The Hall–Kier alpha value is -2.96. The molecule has 0 radical (unpaired) electrons. The zero-order valence-corrected chi connectivity index (χ0v) is 11.5. The quantitative estimate of drug-likeness (QED) is 0.650. The van der Waals surface area contributed by atoms with Crippen LogP contribution in [0, 0.1) is 10.1 Å². The Bertz CT molecular complexity index is 993. The van der Waals surface area contributed by atoms with Gasteiger partial charge in [-0.25, -0.2) is 4.99 Å². The molecule has 7 heteroatoms. The van der Waals surface area contributed by atoms with Gasteiger partial charge in [0.25, 0.3) is 11.2 Å². The molecule has 2 aliphatic rings. The lowest BCUT2D eigenvalue weighted by Crippen LogP contribution is -2.20. The van der Waals surface area contributed by atoms with Crippen molar-refractivity contribution < 1.29 is 4.92 Å². The lowest BCUT2D eigenvalue weighted by Gasteiger charge is -1.94. The van der Waals surface area contributed by atoms with Crippen molar-refractivity contribution in [3.63, 3.8) is 0 Å². The van der Waals surface area contributed by atoms with E-state index in [0.29, 0.717) is 27.8 Å². The zero-order valence-electron chi connectivity index (χ0n) is 11.5. The summed E-state index contributed by atoms with van der Waals surface area (Å²) in [4.78, 5) is 26.7. The van der Waals surface area contributed by atoms with Crippen LogP contribution in [0.5, 0.6) is 0 Å². The highest BCUT2D eigenvalue weighted by Crippen LogP contribution is 2.40. The summed E-state index contributed by atoms with van der Waals surface area (Å²) >= 11 is 0. The van der Waals surface area contributed by atoms with Crippen molar-refractivity contribution in [1.82, 2.24) is 10.2 Å². The van der Waals surface area contributed by atoms with Gasteiger partial charge in [0.05, 0.1) is 21.5 Å². The van der Waals surface area contributed by atoms with E-state index < -0.39 is 4.92 Å². The van der Waals surface area contributed by atoms with Crippen molar-refractivity contribution in [2.45, 2.75) is 18.8 Å². The zero-order chi connectivity index (χ0) is 15.3. The SMILES string of the molecule is O=c1[nH][nH]c(C2CC2)c1/C=C1\C=c2cc([N+](=O)[O-])ccc2=N1. The Kier molecular flexibility index (Phi) is 2.62. The molecule has 0 atom stereocenters. The van der Waals surface area contributed by atoms with Crippen LogP contribution in [0.15, 0.2) is 33.7 Å². The van der Waals surface area contributed by atoms with Gasteiger partial charge in [-0.3, -0.25) is 20.0 Å². The standard InChI is InChI=1S/C15H12N4O3/c20-15-12(14(17-18-15)8-1-2-8)7-10-5-9-6-11(19(21)22)3-4-13(9)16-10/h3-8H,1-2H2,(H2,17,18,20)/b10-7+. The fraction of sp³-hybridized carbons (Fsp3) is 0.200. The number of nitrogens with one attached hydrogen (secondary N) is 2. The third-order valence-electron chi connectivity index (χ3n) is 3.90. The molecular weight excluding hydrogens is 284 g/mol. The summed E-state index contributed by atoms with van der Waals surface area (Å²) in [6.07, 6.45) is 5.65. The number of aromatic amines is 2. The number of rotatable bonds is 3. The molecule has 2 N–H and O–H groups in total. The summed E-state index contributed by atoms with van der Waals surface area (Å²) in [5.74, 6) is 0.413. The molecule has 0 bridgehead atoms. The van der Waals surface area contributed by atoms with Crippen LogP contribution in [0.25, 0.3) is 12.2 Å².